The van der Waals surface area contributed by atoms with Crippen LogP contribution in [0.3, 0.4) is 0 Å². The molecular formula is C60H92NiO4P2. The van der Waals surface area contributed by atoms with Crippen molar-refractivity contribution in [2.24, 2.45) is 0 Å². The first-order valence-corrected chi connectivity index (χ1v) is 30.4. The second kappa shape index (κ2) is 37.6. The molecule has 0 atom stereocenters. The third-order valence-corrected chi connectivity index (χ3v) is 17.3. The summed E-state index contributed by atoms with van der Waals surface area (Å²) in [5.41, 5.74) is 4.93. The predicted octanol–water partition coefficient (Wildman–Crippen LogP) is 15.7. The van der Waals surface area contributed by atoms with Crippen LogP contribution in [0.25, 0.3) is 0 Å². The van der Waals surface area contributed by atoms with Crippen LogP contribution < -0.4 is 31.0 Å². The molecule has 0 aromatic heterocycles. The molecule has 0 unspecified atom stereocenters. The Morgan fingerprint density at radius 1 is 0.269 bits per heavy atom. The third-order valence-electron chi connectivity index (χ3n) is 13.4. The fourth-order valence-electron chi connectivity index (χ4n) is 8.88. The minimum atomic E-state index is -3.78. The van der Waals surface area contributed by atoms with Gasteiger partial charge in [0.05, 0.1) is 14.7 Å². The van der Waals surface area contributed by atoms with Gasteiger partial charge in [0.2, 0.25) is 0 Å². The van der Waals surface area contributed by atoms with Crippen molar-refractivity contribution in [2.75, 3.05) is 0 Å². The summed E-state index contributed by atoms with van der Waals surface area (Å²) in [5.74, 6) is 0. The van der Waals surface area contributed by atoms with Crippen molar-refractivity contribution in [2.45, 2.75) is 233 Å². The van der Waals surface area contributed by atoms with E-state index in [0.29, 0.717) is 21.2 Å². The second-order valence-electron chi connectivity index (χ2n) is 19.3. The van der Waals surface area contributed by atoms with E-state index in [1.807, 2.05) is 48.5 Å². The molecule has 0 saturated heterocycles. The van der Waals surface area contributed by atoms with Crippen LogP contribution in [-0.4, -0.2) is 0 Å². The minimum Gasteiger partial charge on any atom is -0.793 e. The van der Waals surface area contributed by atoms with Gasteiger partial charge in [0.25, 0.3) is 0 Å². The molecule has 4 nitrogen and oxygen atoms in total. The Hall–Kier alpha value is -2.25. The van der Waals surface area contributed by atoms with Gasteiger partial charge in [-0.15, -0.1) is 0 Å². The molecule has 0 aliphatic rings. The van der Waals surface area contributed by atoms with Crippen LogP contribution in [-0.2, 0) is 51.3 Å². The Morgan fingerprint density at radius 2 is 0.418 bits per heavy atom. The van der Waals surface area contributed by atoms with Crippen molar-refractivity contribution in [3.8, 4) is 0 Å². The van der Waals surface area contributed by atoms with Gasteiger partial charge in [-0.1, -0.05) is 279 Å². The predicted molar refractivity (Wildman–Crippen MR) is 286 cm³/mol. The van der Waals surface area contributed by atoms with Crippen molar-refractivity contribution >= 4 is 36.0 Å². The van der Waals surface area contributed by atoms with Gasteiger partial charge in [-0.3, -0.25) is 0 Å². The normalized spacial score (nSPS) is 11.6. The molecule has 0 N–H and O–H groups in total. The monoisotopic (exact) mass is 997 g/mol. The van der Waals surface area contributed by atoms with E-state index in [0.717, 1.165) is 25.7 Å². The maximum Gasteiger partial charge on any atom is 2.00 e. The summed E-state index contributed by atoms with van der Waals surface area (Å²) in [5, 5.41) is 1.69. The summed E-state index contributed by atoms with van der Waals surface area (Å²) in [6, 6.07) is 30.2. The van der Waals surface area contributed by atoms with E-state index in [-0.39, 0.29) is 16.5 Å². The molecule has 4 aromatic rings. The van der Waals surface area contributed by atoms with Crippen molar-refractivity contribution in [1.82, 2.24) is 0 Å². The average molecular weight is 998 g/mol. The van der Waals surface area contributed by atoms with E-state index < -0.39 is 14.7 Å². The van der Waals surface area contributed by atoms with E-state index in [4.69, 9.17) is 0 Å². The van der Waals surface area contributed by atoms with Gasteiger partial charge in [0.1, 0.15) is 0 Å². The molecule has 0 aliphatic heterocycles. The molecule has 0 amide bonds. The summed E-state index contributed by atoms with van der Waals surface area (Å²) in [7, 11) is -7.56. The number of hydrogen-bond donors (Lipinski definition) is 0. The number of rotatable bonds is 36. The summed E-state index contributed by atoms with van der Waals surface area (Å²) < 4.78 is 26.1. The van der Waals surface area contributed by atoms with Crippen LogP contribution >= 0.6 is 14.7 Å². The van der Waals surface area contributed by atoms with E-state index in [9.17, 15) is 18.9 Å². The van der Waals surface area contributed by atoms with Crippen LogP contribution in [0, 0.1) is 0 Å². The van der Waals surface area contributed by atoms with Gasteiger partial charge in [0.15, 0.2) is 0 Å². The van der Waals surface area contributed by atoms with Gasteiger partial charge < -0.3 is 18.9 Å². The Morgan fingerprint density at radius 3 is 0.582 bits per heavy atom. The van der Waals surface area contributed by atoms with Crippen molar-refractivity contribution in [3.05, 3.63) is 119 Å². The van der Waals surface area contributed by atoms with Crippen LogP contribution in [0.1, 0.15) is 230 Å². The maximum atomic E-state index is 13.1. The van der Waals surface area contributed by atoms with Gasteiger partial charge >= 0.3 is 16.5 Å². The van der Waals surface area contributed by atoms with Gasteiger partial charge in [0, 0.05) is 21.2 Å². The molecule has 4 aromatic carbocycles. The molecule has 376 valence electrons. The number of unbranched alkanes of at least 4 members (excludes halogenated alkanes) is 24. The first-order valence-electron chi connectivity index (χ1n) is 27.2. The molecule has 0 spiro atoms. The Balaban J connectivity index is 0.000000453. The van der Waals surface area contributed by atoms with E-state index >= 15 is 0 Å². The van der Waals surface area contributed by atoms with Gasteiger partial charge in [-0.25, -0.2) is 0 Å². The van der Waals surface area contributed by atoms with Gasteiger partial charge in [-0.2, -0.15) is 0 Å². The Labute approximate surface area is 421 Å². The summed E-state index contributed by atoms with van der Waals surface area (Å²) >= 11 is 0. The fraction of sp³-hybridized carbons (Fsp3) is 0.600. The molecule has 0 heterocycles. The Kier molecular flexibility index (Phi) is 34.1. The van der Waals surface area contributed by atoms with Crippen molar-refractivity contribution in [3.63, 3.8) is 0 Å². The van der Waals surface area contributed by atoms with Crippen LogP contribution in [0.5, 0.6) is 0 Å². The van der Waals surface area contributed by atoms with Crippen molar-refractivity contribution in [1.29, 1.82) is 0 Å². The molecule has 0 aliphatic carbocycles. The maximum absolute atomic E-state index is 13.1. The van der Waals surface area contributed by atoms with Crippen molar-refractivity contribution < 1.29 is 35.4 Å². The fourth-order valence-corrected chi connectivity index (χ4v) is 11.6. The average Bonchev–Trinajstić information content (AvgIpc) is 3.33. The summed E-state index contributed by atoms with van der Waals surface area (Å²) in [6.07, 6.45) is 40.4. The van der Waals surface area contributed by atoms with E-state index in [2.05, 4.69) is 27.7 Å². The molecule has 0 bridgehead atoms. The molecule has 0 radical (unpaired) electrons. The van der Waals surface area contributed by atoms with Crippen LogP contribution in [0.15, 0.2) is 97.1 Å². The third kappa shape index (κ3) is 25.4. The smallest absolute Gasteiger partial charge is 0.793 e. The number of hydrogen-bond acceptors (Lipinski definition) is 4. The zero-order valence-electron chi connectivity index (χ0n) is 42.7. The molecule has 0 saturated carbocycles. The summed E-state index contributed by atoms with van der Waals surface area (Å²) in [4.78, 5) is 26.1. The Bertz CT molecular complexity index is 1610. The van der Waals surface area contributed by atoms with Crippen LogP contribution in [0.4, 0.5) is 0 Å². The first-order chi connectivity index (χ1) is 32.1. The largest absolute Gasteiger partial charge is 2.00 e. The zero-order valence-corrected chi connectivity index (χ0v) is 45.5. The first kappa shape index (κ1) is 60.9. The van der Waals surface area contributed by atoms with Crippen LogP contribution in [0.2, 0.25) is 0 Å². The molecule has 4 rings (SSSR count). The van der Waals surface area contributed by atoms with E-state index in [1.165, 1.54) is 202 Å². The quantitative estimate of drug-likeness (QED) is 0.0258. The minimum absolute atomic E-state index is 0. The van der Waals surface area contributed by atoms with E-state index in [1.54, 1.807) is 48.5 Å². The molecule has 7 heteroatoms. The van der Waals surface area contributed by atoms with Gasteiger partial charge in [-0.05, 0) is 73.6 Å². The SMILES string of the molecule is CCCCCCCCCc1ccc(P(=O)([O-])c2ccc(CCCCCCCCC)cc2)cc1.CCCCCCCCCc1ccc(P(=O)([O-])c2ccc(CCCCCCCCC)cc2)cc1.[Ni+2]. The number of benzene rings is 4. The number of aryl methyl sites for hydroxylation is 4. The standard InChI is InChI=1S/2C30H47O2P.Ni/c2*1-3-5-7-9-11-13-15-17-27-19-23-29(24-20-27)33(31,32)30-25-21-28(22-26-30)18-16-14-12-10-8-6-4-2;/h2*19-26H,3-18H2,1-2H3,(H,31,32);/q;;+2/p-2. The second-order valence-corrected chi connectivity index (χ2v) is 23.5. The summed E-state index contributed by atoms with van der Waals surface area (Å²) in [6.45, 7) is 8.99. The molecular weight excluding hydrogens is 905 g/mol. The molecule has 67 heavy (non-hydrogen) atoms. The zero-order chi connectivity index (χ0) is 47.6. The topological polar surface area (TPSA) is 80.3 Å². The molecule has 0 fully saturated rings.